The molecule has 0 aliphatic rings. The number of nitro benzene ring substituents is 1. The molecular weight excluding hydrogens is 286 g/mol. The molecule has 9 heteroatoms. The molecule has 0 saturated heterocycles. The predicted molar refractivity (Wildman–Crippen MR) is 69.4 cm³/mol. The number of hydrogen-bond acceptors (Lipinski definition) is 7. The lowest BCUT2D eigenvalue weighted by Crippen LogP contribution is -1.95. The Kier molecular flexibility index (Phi) is 4.31. The molecule has 2 rings (SSSR count). The Morgan fingerprint density at radius 1 is 1.45 bits per heavy atom. The van der Waals surface area contributed by atoms with Crippen LogP contribution in [0.2, 0.25) is 0 Å². The lowest BCUT2D eigenvalue weighted by Gasteiger charge is -1.95. The van der Waals surface area contributed by atoms with Crippen LogP contribution in [0, 0.1) is 10.1 Å². The Hall–Kier alpha value is -2.42. The van der Waals surface area contributed by atoms with Crippen LogP contribution < -0.4 is 0 Å². The van der Waals surface area contributed by atoms with E-state index in [1.54, 1.807) is 6.07 Å². The quantitative estimate of drug-likeness (QED) is 0.489. The summed E-state index contributed by atoms with van der Waals surface area (Å²) >= 11 is 1.12. The highest BCUT2D eigenvalue weighted by Gasteiger charge is 2.13. The van der Waals surface area contributed by atoms with Crippen LogP contribution in [-0.2, 0) is 4.79 Å². The maximum absolute atomic E-state index is 10.7. The SMILES string of the molecule is O=C(O)CCSc1nnc(-c2cccc([N+](=O)[O-])c2)o1. The average Bonchev–Trinajstić information content (AvgIpc) is 2.87. The van der Waals surface area contributed by atoms with E-state index in [0.717, 1.165) is 11.8 Å². The summed E-state index contributed by atoms with van der Waals surface area (Å²) in [7, 11) is 0. The topological polar surface area (TPSA) is 119 Å². The van der Waals surface area contributed by atoms with Crippen LogP contribution in [0.3, 0.4) is 0 Å². The Morgan fingerprint density at radius 2 is 2.25 bits per heavy atom. The van der Waals surface area contributed by atoms with Crippen LogP contribution in [-0.4, -0.2) is 31.9 Å². The first kappa shape index (κ1) is 14.0. The normalized spacial score (nSPS) is 10.4. The van der Waals surface area contributed by atoms with Crippen molar-refractivity contribution in [3.05, 3.63) is 34.4 Å². The van der Waals surface area contributed by atoms with E-state index in [1.165, 1.54) is 18.2 Å². The molecule has 20 heavy (non-hydrogen) atoms. The number of benzene rings is 1. The van der Waals surface area contributed by atoms with Gasteiger partial charge in [0.05, 0.1) is 11.3 Å². The molecular formula is C11H9N3O5S. The van der Waals surface area contributed by atoms with Crippen molar-refractivity contribution in [2.24, 2.45) is 0 Å². The number of carbonyl (C=O) groups is 1. The summed E-state index contributed by atoms with van der Waals surface area (Å²) in [6.45, 7) is 0. The van der Waals surface area contributed by atoms with Crippen LogP contribution in [0.1, 0.15) is 6.42 Å². The molecule has 0 amide bonds. The van der Waals surface area contributed by atoms with E-state index < -0.39 is 10.9 Å². The van der Waals surface area contributed by atoms with Crippen molar-refractivity contribution >= 4 is 23.4 Å². The molecule has 2 aromatic rings. The summed E-state index contributed by atoms with van der Waals surface area (Å²) in [4.78, 5) is 20.5. The third kappa shape index (κ3) is 3.54. The first-order chi connectivity index (χ1) is 9.56. The van der Waals surface area contributed by atoms with Crippen LogP contribution in [0.15, 0.2) is 33.9 Å². The van der Waals surface area contributed by atoms with Crippen molar-refractivity contribution in [2.75, 3.05) is 5.75 Å². The molecule has 0 fully saturated rings. The molecule has 0 spiro atoms. The lowest BCUT2D eigenvalue weighted by atomic mass is 10.2. The second-order valence-electron chi connectivity index (χ2n) is 3.67. The lowest BCUT2D eigenvalue weighted by molar-refractivity contribution is -0.384. The second-order valence-corrected chi connectivity index (χ2v) is 4.72. The number of hydrogen-bond donors (Lipinski definition) is 1. The molecule has 1 heterocycles. The van der Waals surface area contributed by atoms with Gasteiger partial charge in [0.2, 0.25) is 5.89 Å². The number of aliphatic carboxylic acids is 1. The number of thioether (sulfide) groups is 1. The maximum atomic E-state index is 10.7. The van der Waals surface area contributed by atoms with Gasteiger partial charge in [0.1, 0.15) is 0 Å². The first-order valence-electron chi connectivity index (χ1n) is 5.49. The van der Waals surface area contributed by atoms with Crippen molar-refractivity contribution in [3.8, 4) is 11.5 Å². The Bertz CT molecular complexity index is 642. The minimum Gasteiger partial charge on any atom is -0.481 e. The smallest absolute Gasteiger partial charge is 0.304 e. The summed E-state index contributed by atoms with van der Waals surface area (Å²) in [6, 6.07) is 5.84. The van der Waals surface area contributed by atoms with Crippen molar-refractivity contribution in [1.82, 2.24) is 10.2 Å². The van der Waals surface area contributed by atoms with Crippen molar-refractivity contribution in [2.45, 2.75) is 11.6 Å². The monoisotopic (exact) mass is 295 g/mol. The molecule has 1 aromatic heterocycles. The van der Waals surface area contributed by atoms with Gasteiger partial charge in [-0.25, -0.2) is 0 Å². The van der Waals surface area contributed by atoms with Gasteiger partial charge in [-0.15, -0.1) is 10.2 Å². The molecule has 0 radical (unpaired) electrons. The molecule has 1 N–H and O–H groups in total. The number of nitrogens with zero attached hydrogens (tertiary/aromatic N) is 3. The summed E-state index contributed by atoms with van der Waals surface area (Å²) in [5.74, 6) is -0.436. The fourth-order valence-corrected chi connectivity index (χ4v) is 2.05. The minimum atomic E-state index is -0.907. The van der Waals surface area contributed by atoms with Crippen molar-refractivity contribution in [1.29, 1.82) is 0 Å². The fourth-order valence-electron chi connectivity index (χ4n) is 1.36. The molecule has 0 unspecified atom stereocenters. The Morgan fingerprint density at radius 3 is 2.95 bits per heavy atom. The van der Waals surface area contributed by atoms with Gasteiger partial charge in [-0.2, -0.15) is 0 Å². The molecule has 0 saturated carbocycles. The number of nitro groups is 1. The Labute approximate surface area is 117 Å². The summed E-state index contributed by atoms with van der Waals surface area (Å²) < 4.78 is 5.31. The molecule has 0 bridgehead atoms. The van der Waals surface area contributed by atoms with Gasteiger partial charge >= 0.3 is 5.97 Å². The number of carboxylic acids is 1. The number of non-ortho nitro benzene ring substituents is 1. The van der Waals surface area contributed by atoms with Crippen LogP contribution in [0.4, 0.5) is 5.69 Å². The predicted octanol–water partition coefficient (Wildman–Crippen LogP) is 2.21. The van der Waals surface area contributed by atoms with Gasteiger partial charge in [0, 0.05) is 23.4 Å². The van der Waals surface area contributed by atoms with Gasteiger partial charge in [0.15, 0.2) is 0 Å². The standard InChI is InChI=1S/C11H9N3O5S/c15-9(16)4-5-20-11-13-12-10(19-11)7-2-1-3-8(6-7)14(17)18/h1-3,6H,4-5H2,(H,15,16). The summed E-state index contributed by atoms with van der Waals surface area (Å²) in [5.41, 5.74) is 0.373. The number of carboxylic acid groups (broad SMARTS) is 1. The third-order valence-electron chi connectivity index (χ3n) is 2.25. The van der Waals surface area contributed by atoms with E-state index in [4.69, 9.17) is 9.52 Å². The maximum Gasteiger partial charge on any atom is 0.304 e. The minimum absolute atomic E-state index is 0.0147. The summed E-state index contributed by atoms with van der Waals surface area (Å²) in [5, 5.41) is 26.9. The summed E-state index contributed by atoms with van der Waals surface area (Å²) in [6.07, 6.45) is -0.0147. The number of rotatable bonds is 6. The highest BCUT2D eigenvalue weighted by molar-refractivity contribution is 7.99. The van der Waals surface area contributed by atoms with E-state index in [0.29, 0.717) is 11.3 Å². The van der Waals surface area contributed by atoms with Crippen LogP contribution >= 0.6 is 11.8 Å². The van der Waals surface area contributed by atoms with Crippen LogP contribution in [0.25, 0.3) is 11.5 Å². The van der Waals surface area contributed by atoms with E-state index in [-0.39, 0.29) is 23.2 Å². The van der Waals surface area contributed by atoms with Gasteiger partial charge < -0.3 is 9.52 Å². The molecule has 8 nitrogen and oxygen atoms in total. The van der Waals surface area contributed by atoms with Crippen molar-refractivity contribution in [3.63, 3.8) is 0 Å². The van der Waals surface area contributed by atoms with Crippen LogP contribution in [0.5, 0.6) is 0 Å². The Balaban J connectivity index is 2.10. The molecule has 0 aliphatic carbocycles. The zero-order valence-electron chi connectivity index (χ0n) is 10.1. The molecule has 1 aromatic carbocycles. The highest BCUT2D eigenvalue weighted by atomic mass is 32.2. The van der Waals surface area contributed by atoms with E-state index in [9.17, 15) is 14.9 Å². The molecule has 0 atom stereocenters. The van der Waals surface area contributed by atoms with Gasteiger partial charge in [-0.05, 0) is 6.07 Å². The third-order valence-corrected chi connectivity index (χ3v) is 3.07. The van der Waals surface area contributed by atoms with E-state index in [2.05, 4.69) is 10.2 Å². The second kappa shape index (κ2) is 6.15. The first-order valence-corrected chi connectivity index (χ1v) is 6.48. The zero-order chi connectivity index (χ0) is 14.5. The highest BCUT2D eigenvalue weighted by Crippen LogP contribution is 2.25. The molecule has 0 aliphatic heterocycles. The van der Waals surface area contributed by atoms with Gasteiger partial charge in [-0.3, -0.25) is 14.9 Å². The molecule has 104 valence electrons. The van der Waals surface area contributed by atoms with Crippen molar-refractivity contribution < 1.29 is 19.2 Å². The van der Waals surface area contributed by atoms with E-state index in [1.807, 2.05) is 0 Å². The zero-order valence-corrected chi connectivity index (χ0v) is 10.9. The van der Waals surface area contributed by atoms with Gasteiger partial charge in [0.25, 0.3) is 10.9 Å². The number of aromatic nitrogens is 2. The largest absolute Gasteiger partial charge is 0.481 e. The fraction of sp³-hybridized carbons (Fsp3) is 0.182. The van der Waals surface area contributed by atoms with Gasteiger partial charge in [-0.1, -0.05) is 17.8 Å². The average molecular weight is 295 g/mol. The van der Waals surface area contributed by atoms with E-state index >= 15 is 0 Å².